The molecule has 0 heterocycles. The van der Waals surface area contributed by atoms with E-state index >= 15 is 0 Å². The van der Waals surface area contributed by atoms with Crippen LogP contribution in [-0.4, -0.2) is 29.8 Å². The van der Waals surface area contributed by atoms with E-state index in [1.54, 1.807) is 0 Å². The number of nitrogens with one attached hydrogen (secondary N) is 1. The Morgan fingerprint density at radius 2 is 1.88 bits per heavy atom. The minimum atomic E-state index is -0.525. The average Bonchev–Trinajstić information content (AvgIpc) is 3.12. The van der Waals surface area contributed by atoms with Crippen LogP contribution in [0.25, 0.3) is 0 Å². The van der Waals surface area contributed by atoms with Crippen molar-refractivity contribution in [2.45, 2.75) is 69.7 Å². The Balaban J connectivity index is 1.59. The fourth-order valence-electron chi connectivity index (χ4n) is 3.92. The molecule has 0 bridgehead atoms. The van der Waals surface area contributed by atoms with Crippen molar-refractivity contribution in [1.82, 2.24) is 5.32 Å². The van der Waals surface area contributed by atoms with E-state index in [2.05, 4.69) is 5.32 Å². The summed E-state index contributed by atoms with van der Waals surface area (Å²) in [5.74, 6) is 0.328. The van der Waals surface area contributed by atoms with Gasteiger partial charge < -0.3 is 15.2 Å². The van der Waals surface area contributed by atoms with Gasteiger partial charge in [0.1, 0.15) is 0 Å². The minimum Gasteiger partial charge on any atom is -0.393 e. The number of ether oxygens (including phenoxy) is 1. The first kappa shape index (κ1) is 17.4. The quantitative estimate of drug-likeness (QED) is 0.840. The zero-order valence-corrected chi connectivity index (χ0v) is 14.3. The Hall–Kier alpha value is -1.39. The molecule has 3 atom stereocenters. The maximum atomic E-state index is 12.8. The molecule has 2 aliphatic rings. The summed E-state index contributed by atoms with van der Waals surface area (Å²) in [6.07, 6.45) is 7.74. The van der Waals surface area contributed by atoms with Crippen LogP contribution in [0.4, 0.5) is 0 Å². The van der Waals surface area contributed by atoms with Gasteiger partial charge in [0.05, 0.1) is 12.2 Å². The number of carbonyl (C=O) groups excluding carboxylic acids is 1. The summed E-state index contributed by atoms with van der Waals surface area (Å²) in [5.41, 5.74) is 0.922. The molecule has 3 unspecified atom stereocenters. The first-order valence-corrected chi connectivity index (χ1v) is 9.38. The summed E-state index contributed by atoms with van der Waals surface area (Å²) in [6.45, 7) is 0.632. The van der Waals surface area contributed by atoms with Gasteiger partial charge in [0.2, 0.25) is 0 Å². The molecule has 0 aromatic heterocycles. The van der Waals surface area contributed by atoms with Gasteiger partial charge in [-0.05, 0) is 43.6 Å². The highest BCUT2D eigenvalue weighted by Crippen LogP contribution is 2.28. The monoisotopic (exact) mass is 331 g/mol. The van der Waals surface area contributed by atoms with Crippen molar-refractivity contribution in [2.75, 3.05) is 6.54 Å². The molecule has 24 heavy (non-hydrogen) atoms. The minimum absolute atomic E-state index is 0.0480. The molecule has 2 aliphatic carbocycles. The zero-order valence-electron chi connectivity index (χ0n) is 14.3. The van der Waals surface area contributed by atoms with E-state index in [-0.39, 0.29) is 18.1 Å². The van der Waals surface area contributed by atoms with Crippen molar-refractivity contribution in [3.63, 3.8) is 0 Å². The van der Waals surface area contributed by atoms with Crippen LogP contribution in [0.1, 0.15) is 63.0 Å². The van der Waals surface area contributed by atoms with Crippen LogP contribution in [0, 0.1) is 5.92 Å². The predicted molar refractivity (Wildman–Crippen MR) is 93.5 cm³/mol. The SMILES string of the molecule is O=C(NCC1CCCC(O)C1)C(OC1CCCC1)c1ccccc1. The van der Waals surface area contributed by atoms with E-state index in [1.807, 2.05) is 30.3 Å². The molecule has 1 aromatic carbocycles. The summed E-state index contributed by atoms with van der Waals surface area (Å²) in [5, 5.41) is 12.9. The van der Waals surface area contributed by atoms with E-state index in [0.717, 1.165) is 44.1 Å². The Bertz CT molecular complexity index is 513. The first-order valence-electron chi connectivity index (χ1n) is 9.38. The van der Waals surface area contributed by atoms with Gasteiger partial charge in [0, 0.05) is 6.54 Å². The number of hydrogen-bond donors (Lipinski definition) is 2. The fourth-order valence-corrected chi connectivity index (χ4v) is 3.92. The Morgan fingerprint density at radius 3 is 2.58 bits per heavy atom. The van der Waals surface area contributed by atoms with Gasteiger partial charge in [-0.3, -0.25) is 4.79 Å². The van der Waals surface area contributed by atoms with Crippen molar-refractivity contribution in [3.05, 3.63) is 35.9 Å². The van der Waals surface area contributed by atoms with E-state index in [1.165, 1.54) is 12.8 Å². The van der Waals surface area contributed by atoms with Crippen LogP contribution in [0.2, 0.25) is 0 Å². The summed E-state index contributed by atoms with van der Waals surface area (Å²) < 4.78 is 6.16. The third-order valence-electron chi connectivity index (χ3n) is 5.29. The lowest BCUT2D eigenvalue weighted by Gasteiger charge is -2.27. The molecule has 2 fully saturated rings. The van der Waals surface area contributed by atoms with Crippen molar-refractivity contribution in [1.29, 1.82) is 0 Å². The van der Waals surface area contributed by atoms with E-state index in [0.29, 0.717) is 12.5 Å². The molecule has 0 aliphatic heterocycles. The van der Waals surface area contributed by atoms with Gasteiger partial charge in [-0.25, -0.2) is 0 Å². The Labute approximate surface area is 144 Å². The van der Waals surface area contributed by atoms with Crippen LogP contribution in [-0.2, 0) is 9.53 Å². The molecule has 2 N–H and O–H groups in total. The average molecular weight is 331 g/mol. The fraction of sp³-hybridized carbons (Fsp3) is 0.650. The van der Waals surface area contributed by atoms with E-state index in [9.17, 15) is 9.90 Å². The molecule has 1 amide bonds. The van der Waals surface area contributed by atoms with Crippen LogP contribution in [0.5, 0.6) is 0 Å². The maximum Gasteiger partial charge on any atom is 0.253 e. The van der Waals surface area contributed by atoms with Crippen LogP contribution >= 0.6 is 0 Å². The molecule has 0 saturated heterocycles. The number of aliphatic hydroxyl groups is 1. The second-order valence-corrected chi connectivity index (χ2v) is 7.26. The summed E-state index contributed by atoms with van der Waals surface area (Å²) >= 11 is 0. The number of carbonyl (C=O) groups is 1. The van der Waals surface area contributed by atoms with Gasteiger partial charge in [-0.2, -0.15) is 0 Å². The van der Waals surface area contributed by atoms with Gasteiger partial charge in [-0.1, -0.05) is 49.6 Å². The molecule has 0 radical (unpaired) electrons. The predicted octanol–water partition coefficient (Wildman–Crippen LogP) is 3.35. The van der Waals surface area contributed by atoms with Gasteiger partial charge in [0.15, 0.2) is 6.10 Å². The summed E-state index contributed by atoms with van der Waals surface area (Å²) in [4.78, 5) is 12.8. The Morgan fingerprint density at radius 1 is 1.12 bits per heavy atom. The number of aliphatic hydroxyl groups excluding tert-OH is 1. The maximum absolute atomic E-state index is 12.8. The molecule has 2 saturated carbocycles. The lowest BCUT2D eigenvalue weighted by atomic mass is 9.87. The van der Waals surface area contributed by atoms with Gasteiger partial charge >= 0.3 is 0 Å². The third kappa shape index (κ3) is 4.81. The van der Waals surface area contributed by atoms with E-state index in [4.69, 9.17) is 4.74 Å². The van der Waals surface area contributed by atoms with Crippen molar-refractivity contribution in [3.8, 4) is 0 Å². The molecule has 4 heteroatoms. The number of hydrogen-bond acceptors (Lipinski definition) is 3. The Kier molecular flexibility index (Phi) is 6.27. The van der Waals surface area contributed by atoms with Crippen molar-refractivity contribution in [2.24, 2.45) is 5.92 Å². The molecule has 1 aromatic rings. The van der Waals surface area contributed by atoms with Crippen molar-refractivity contribution >= 4 is 5.91 Å². The van der Waals surface area contributed by atoms with Crippen LogP contribution in [0.3, 0.4) is 0 Å². The van der Waals surface area contributed by atoms with Gasteiger partial charge in [-0.15, -0.1) is 0 Å². The lowest BCUT2D eigenvalue weighted by molar-refractivity contribution is -0.137. The number of benzene rings is 1. The molecular formula is C20H29NO3. The molecule has 0 spiro atoms. The largest absolute Gasteiger partial charge is 0.393 e. The number of rotatable bonds is 6. The first-order chi connectivity index (χ1) is 11.7. The smallest absolute Gasteiger partial charge is 0.253 e. The highest BCUT2D eigenvalue weighted by molar-refractivity contribution is 5.82. The summed E-state index contributed by atoms with van der Waals surface area (Å²) in [6, 6.07) is 9.78. The molecule has 3 rings (SSSR count). The highest BCUT2D eigenvalue weighted by Gasteiger charge is 2.28. The molecule has 132 valence electrons. The van der Waals surface area contributed by atoms with Gasteiger partial charge in [0.25, 0.3) is 5.91 Å². The highest BCUT2D eigenvalue weighted by atomic mass is 16.5. The second kappa shape index (κ2) is 8.63. The van der Waals surface area contributed by atoms with Crippen molar-refractivity contribution < 1.29 is 14.6 Å². The number of amides is 1. The lowest BCUT2D eigenvalue weighted by Crippen LogP contribution is -2.37. The standard InChI is InChI=1S/C20H29NO3/c22-17-10-6-7-15(13-17)14-21-20(23)19(16-8-2-1-3-9-16)24-18-11-4-5-12-18/h1-3,8-9,15,17-19,22H,4-7,10-14H2,(H,21,23). The van der Waals surface area contributed by atoms with Crippen LogP contribution < -0.4 is 5.32 Å². The topological polar surface area (TPSA) is 58.6 Å². The normalized spacial score (nSPS) is 26.2. The molecular weight excluding hydrogens is 302 g/mol. The van der Waals surface area contributed by atoms with Crippen LogP contribution in [0.15, 0.2) is 30.3 Å². The summed E-state index contributed by atoms with van der Waals surface area (Å²) in [7, 11) is 0. The molecule has 4 nitrogen and oxygen atoms in total. The third-order valence-corrected chi connectivity index (χ3v) is 5.29. The zero-order chi connectivity index (χ0) is 16.8. The van der Waals surface area contributed by atoms with E-state index < -0.39 is 6.10 Å². The second-order valence-electron chi connectivity index (χ2n) is 7.26.